The molecule has 0 amide bonds. The molecule has 0 aliphatic rings. The second-order valence-electron chi connectivity index (χ2n) is 3.55. The highest BCUT2D eigenvalue weighted by Crippen LogP contribution is 2.30. The van der Waals surface area contributed by atoms with Gasteiger partial charge in [-0.25, -0.2) is 0 Å². The van der Waals surface area contributed by atoms with Crippen molar-refractivity contribution < 1.29 is 0 Å². The molecule has 0 radical (unpaired) electrons. The minimum Gasteiger partial charge on any atom is -0.197 e. The molecule has 0 atom stereocenters. The van der Waals surface area contributed by atoms with Crippen molar-refractivity contribution in [3.8, 4) is 24.3 Å². The maximum Gasteiger partial charge on any atom is 0.176 e. The molecular formula is C13H8N4. The largest absolute Gasteiger partial charge is 0.197 e. The zero-order valence-corrected chi connectivity index (χ0v) is 8.96. The quantitative estimate of drug-likeness (QED) is 0.777. The van der Waals surface area contributed by atoms with Crippen molar-refractivity contribution in [2.75, 3.05) is 0 Å². The van der Waals surface area contributed by atoms with Gasteiger partial charge in [0.25, 0.3) is 0 Å². The monoisotopic (exact) mass is 220 g/mol. The second-order valence-corrected chi connectivity index (χ2v) is 3.55. The number of nitriles is 4. The van der Waals surface area contributed by atoms with Gasteiger partial charge in [-0.2, -0.15) is 21.0 Å². The van der Waals surface area contributed by atoms with Gasteiger partial charge < -0.3 is 0 Å². The summed E-state index contributed by atoms with van der Waals surface area (Å²) in [5, 5.41) is 35.8. The molecule has 1 rings (SSSR count). The molecule has 0 N–H and O–H groups in total. The lowest BCUT2D eigenvalue weighted by atomic mass is 9.74. The van der Waals surface area contributed by atoms with Gasteiger partial charge in [0.1, 0.15) is 0 Å². The Balaban J connectivity index is 3.14. The van der Waals surface area contributed by atoms with Crippen LogP contribution in [0.25, 0.3) is 0 Å². The summed E-state index contributed by atoms with van der Waals surface area (Å²) in [6.07, 6.45) is 0.0760. The molecule has 0 heterocycles. The summed E-state index contributed by atoms with van der Waals surface area (Å²) in [5.41, 5.74) is -0.851. The van der Waals surface area contributed by atoms with Crippen molar-refractivity contribution in [3.05, 3.63) is 35.9 Å². The predicted octanol–water partition coefficient (Wildman–Crippen LogP) is 1.93. The summed E-state index contributed by atoms with van der Waals surface area (Å²) in [5.74, 6) is -1.25. The molecule has 4 nitrogen and oxygen atoms in total. The Morgan fingerprint density at radius 1 is 0.941 bits per heavy atom. The van der Waals surface area contributed by atoms with Gasteiger partial charge in [0.2, 0.25) is 0 Å². The van der Waals surface area contributed by atoms with Crippen molar-refractivity contribution in [2.24, 2.45) is 11.3 Å². The van der Waals surface area contributed by atoms with E-state index >= 15 is 0 Å². The van der Waals surface area contributed by atoms with Gasteiger partial charge in [0, 0.05) is 6.42 Å². The third kappa shape index (κ3) is 2.40. The summed E-state index contributed by atoms with van der Waals surface area (Å²) >= 11 is 0. The molecule has 0 bridgehead atoms. The molecule has 0 aliphatic carbocycles. The fourth-order valence-corrected chi connectivity index (χ4v) is 1.50. The second kappa shape index (κ2) is 5.32. The third-order valence-electron chi connectivity index (χ3n) is 2.48. The van der Waals surface area contributed by atoms with Crippen molar-refractivity contribution in [1.82, 2.24) is 0 Å². The van der Waals surface area contributed by atoms with E-state index in [1.165, 1.54) is 0 Å². The standard InChI is InChI=1S/C13H8N4/c14-7-12(8-15)13(9-16,10-17)6-11-4-2-1-3-5-11/h1-5,12H,6H2. The fourth-order valence-electron chi connectivity index (χ4n) is 1.50. The van der Waals surface area contributed by atoms with Gasteiger partial charge >= 0.3 is 0 Å². The Hall–Kier alpha value is -2.82. The van der Waals surface area contributed by atoms with E-state index in [-0.39, 0.29) is 6.42 Å². The van der Waals surface area contributed by atoms with Gasteiger partial charge in [-0.3, -0.25) is 0 Å². The molecule has 0 aromatic heterocycles. The Bertz CT molecular complexity index is 520. The topological polar surface area (TPSA) is 95.2 Å². The Morgan fingerprint density at radius 2 is 1.47 bits per heavy atom. The van der Waals surface area contributed by atoms with Gasteiger partial charge in [-0.05, 0) is 5.56 Å². The summed E-state index contributed by atoms with van der Waals surface area (Å²) in [6, 6.07) is 15.9. The van der Waals surface area contributed by atoms with E-state index in [4.69, 9.17) is 21.0 Å². The first-order valence-corrected chi connectivity index (χ1v) is 4.88. The molecule has 80 valence electrons. The van der Waals surface area contributed by atoms with Crippen LogP contribution in [0.4, 0.5) is 0 Å². The number of rotatable bonds is 3. The highest BCUT2D eigenvalue weighted by molar-refractivity contribution is 5.31. The highest BCUT2D eigenvalue weighted by Gasteiger charge is 2.40. The van der Waals surface area contributed by atoms with Crippen LogP contribution in [0.2, 0.25) is 0 Å². The summed E-state index contributed by atoms with van der Waals surface area (Å²) in [4.78, 5) is 0. The van der Waals surface area contributed by atoms with Gasteiger partial charge in [0.15, 0.2) is 11.3 Å². The van der Waals surface area contributed by atoms with Crippen LogP contribution in [0.1, 0.15) is 5.56 Å². The minimum absolute atomic E-state index is 0.0760. The van der Waals surface area contributed by atoms with E-state index in [2.05, 4.69) is 0 Å². The normalized spacial score (nSPS) is 9.71. The van der Waals surface area contributed by atoms with Gasteiger partial charge in [-0.1, -0.05) is 30.3 Å². The van der Waals surface area contributed by atoms with Crippen LogP contribution in [0.5, 0.6) is 0 Å². The van der Waals surface area contributed by atoms with E-state index < -0.39 is 11.3 Å². The Labute approximate surface area is 99.6 Å². The molecule has 0 saturated heterocycles. The number of hydrogen-bond acceptors (Lipinski definition) is 4. The maximum absolute atomic E-state index is 9.10. The van der Waals surface area contributed by atoms with E-state index in [1.807, 2.05) is 18.2 Å². The molecule has 0 fully saturated rings. The molecule has 0 unspecified atom stereocenters. The molecule has 17 heavy (non-hydrogen) atoms. The smallest absolute Gasteiger partial charge is 0.176 e. The lowest BCUT2D eigenvalue weighted by Gasteiger charge is -2.18. The summed E-state index contributed by atoms with van der Waals surface area (Å²) < 4.78 is 0. The van der Waals surface area contributed by atoms with E-state index in [9.17, 15) is 0 Å². The SMILES string of the molecule is N#CC(C#N)C(C#N)(C#N)Cc1ccccc1. The van der Waals surface area contributed by atoms with Crippen LogP contribution < -0.4 is 0 Å². The van der Waals surface area contributed by atoms with Gasteiger partial charge in [0.05, 0.1) is 24.3 Å². The molecule has 1 aromatic carbocycles. The molecule has 0 saturated carbocycles. The average molecular weight is 220 g/mol. The van der Waals surface area contributed by atoms with E-state index in [1.54, 1.807) is 36.4 Å². The van der Waals surface area contributed by atoms with Crippen molar-refractivity contribution in [1.29, 1.82) is 21.0 Å². The summed E-state index contributed by atoms with van der Waals surface area (Å²) in [6.45, 7) is 0. The lowest BCUT2D eigenvalue weighted by molar-refractivity contribution is 0.454. The first-order valence-electron chi connectivity index (χ1n) is 4.88. The number of hydrogen-bond donors (Lipinski definition) is 0. The van der Waals surface area contributed by atoms with Gasteiger partial charge in [-0.15, -0.1) is 0 Å². The molecule has 0 aliphatic heterocycles. The molecule has 1 aromatic rings. The number of nitrogens with zero attached hydrogens (tertiary/aromatic N) is 4. The van der Waals surface area contributed by atoms with E-state index in [0.717, 1.165) is 5.56 Å². The van der Waals surface area contributed by atoms with Crippen LogP contribution in [0.3, 0.4) is 0 Å². The molecular weight excluding hydrogens is 212 g/mol. The van der Waals surface area contributed by atoms with Crippen LogP contribution in [-0.4, -0.2) is 0 Å². The first kappa shape index (κ1) is 12.3. The van der Waals surface area contributed by atoms with E-state index in [0.29, 0.717) is 0 Å². The zero-order valence-electron chi connectivity index (χ0n) is 8.96. The van der Waals surface area contributed by atoms with Crippen LogP contribution in [0.15, 0.2) is 30.3 Å². The Morgan fingerprint density at radius 3 is 1.88 bits per heavy atom. The van der Waals surface area contributed by atoms with Crippen LogP contribution >= 0.6 is 0 Å². The average Bonchev–Trinajstić information content (AvgIpc) is 2.40. The fraction of sp³-hybridized carbons (Fsp3) is 0.231. The minimum atomic E-state index is -1.61. The Kier molecular flexibility index (Phi) is 3.83. The zero-order chi connectivity index (χ0) is 12.7. The third-order valence-corrected chi connectivity index (χ3v) is 2.48. The van der Waals surface area contributed by atoms with Crippen molar-refractivity contribution in [3.63, 3.8) is 0 Å². The van der Waals surface area contributed by atoms with Crippen molar-refractivity contribution in [2.45, 2.75) is 6.42 Å². The predicted molar refractivity (Wildman–Crippen MR) is 58.5 cm³/mol. The van der Waals surface area contributed by atoms with Crippen LogP contribution in [0, 0.1) is 56.7 Å². The lowest BCUT2D eigenvalue weighted by Crippen LogP contribution is -2.28. The molecule has 0 spiro atoms. The maximum atomic E-state index is 9.10. The summed E-state index contributed by atoms with van der Waals surface area (Å²) in [7, 11) is 0. The molecule has 4 heteroatoms. The number of benzene rings is 1. The first-order chi connectivity index (χ1) is 8.22. The van der Waals surface area contributed by atoms with Crippen molar-refractivity contribution >= 4 is 0 Å². The van der Waals surface area contributed by atoms with Crippen LogP contribution in [-0.2, 0) is 6.42 Å². The highest BCUT2D eigenvalue weighted by atomic mass is 14.5.